The van der Waals surface area contributed by atoms with Gasteiger partial charge in [0.25, 0.3) is 0 Å². The van der Waals surface area contributed by atoms with E-state index in [4.69, 9.17) is 0 Å². The number of amides is 1. The highest BCUT2D eigenvalue weighted by Gasteiger charge is 2.17. The minimum absolute atomic E-state index is 0.126. The van der Waals surface area contributed by atoms with Gasteiger partial charge in [-0.3, -0.25) is 9.79 Å². The van der Waals surface area contributed by atoms with Gasteiger partial charge in [-0.05, 0) is 50.3 Å². The monoisotopic (exact) mass is 385 g/mol. The van der Waals surface area contributed by atoms with Crippen LogP contribution in [-0.2, 0) is 4.79 Å². The van der Waals surface area contributed by atoms with Gasteiger partial charge in [-0.1, -0.05) is 25.0 Å². The first kappa shape index (κ1) is 20.5. The summed E-state index contributed by atoms with van der Waals surface area (Å²) in [6.45, 7) is 5.02. The van der Waals surface area contributed by atoms with Gasteiger partial charge in [-0.15, -0.1) is 0 Å². The second-order valence-electron chi connectivity index (χ2n) is 7.95. The summed E-state index contributed by atoms with van der Waals surface area (Å²) >= 11 is 0. The Bertz CT molecular complexity index is 663. The standard InChI is InChI=1S/C22H35N5O/c1-17(18-8-7-11-20(16-18)27-14-5-6-15-27)25-22(23-2)24-13-12-21(28)26-19-9-3-4-10-19/h7-8,11,16-17,19H,3-6,9-10,12-15H2,1-2H3,(H,26,28)(H2,23,24,25). The quantitative estimate of drug-likeness (QED) is 0.499. The van der Waals surface area contributed by atoms with Gasteiger partial charge in [-0.25, -0.2) is 0 Å². The third-order valence-electron chi connectivity index (χ3n) is 5.78. The second-order valence-corrected chi connectivity index (χ2v) is 7.95. The van der Waals surface area contributed by atoms with E-state index in [1.807, 2.05) is 0 Å². The molecular formula is C22H35N5O. The molecule has 1 saturated heterocycles. The van der Waals surface area contributed by atoms with E-state index in [-0.39, 0.29) is 11.9 Å². The molecule has 1 aliphatic heterocycles. The molecule has 3 N–H and O–H groups in total. The topological polar surface area (TPSA) is 68.8 Å². The minimum Gasteiger partial charge on any atom is -0.372 e. The molecule has 1 atom stereocenters. The highest BCUT2D eigenvalue weighted by molar-refractivity contribution is 5.81. The SMILES string of the molecule is CN=C(NCCC(=O)NC1CCCC1)NC(C)c1cccc(N2CCCC2)c1. The number of carbonyl (C=O) groups excluding carboxylic acids is 1. The number of nitrogens with zero attached hydrogens (tertiary/aromatic N) is 2. The zero-order chi connectivity index (χ0) is 19.8. The number of aliphatic imine (C=N–C) groups is 1. The van der Waals surface area contributed by atoms with E-state index in [9.17, 15) is 4.79 Å². The Kier molecular flexibility index (Phi) is 7.57. The number of hydrogen-bond acceptors (Lipinski definition) is 3. The van der Waals surface area contributed by atoms with Gasteiger partial charge < -0.3 is 20.9 Å². The Hall–Kier alpha value is -2.24. The second kappa shape index (κ2) is 10.3. The number of nitrogens with one attached hydrogen (secondary N) is 3. The molecule has 2 aliphatic rings. The maximum atomic E-state index is 12.1. The molecule has 6 heteroatoms. The molecule has 1 amide bonds. The molecule has 0 spiro atoms. The van der Waals surface area contributed by atoms with Crippen LogP contribution in [-0.4, -0.2) is 44.6 Å². The Morgan fingerprint density at radius 1 is 1.21 bits per heavy atom. The van der Waals surface area contributed by atoms with Crippen LogP contribution in [0.3, 0.4) is 0 Å². The first-order valence-corrected chi connectivity index (χ1v) is 10.8. The molecule has 1 aromatic carbocycles. The van der Waals surface area contributed by atoms with Crippen LogP contribution in [0.15, 0.2) is 29.3 Å². The van der Waals surface area contributed by atoms with Crippen molar-refractivity contribution >= 4 is 17.6 Å². The Morgan fingerprint density at radius 3 is 2.68 bits per heavy atom. The van der Waals surface area contributed by atoms with E-state index in [0.29, 0.717) is 19.0 Å². The predicted molar refractivity (Wildman–Crippen MR) is 116 cm³/mol. The molecule has 6 nitrogen and oxygen atoms in total. The molecule has 1 aromatic rings. The molecule has 154 valence electrons. The summed E-state index contributed by atoms with van der Waals surface area (Å²) in [5.41, 5.74) is 2.54. The van der Waals surface area contributed by atoms with Crippen LogP contribution in [0.5, 0.6) is 0 Å². The zero-order valence-electron chi connectivity index (χ0n) is 17.3. The van der Waals surface area contributed by atoms with Crippen molar-refractivity contribution in [2.45, 2.75) is 64.0 Å². The lowest BCUT2D eigenvalue weighted by atomic mass is 10.1. The molecule has 1 heterocycles. The van der Waals surface area contributed by atoms with Crippen LogP contribution in [0.1, 0.15) is 63.5 Å². The van der Waals surface area contributed by atoms with Crippen molar-refractivity contribution in [1.29, 1.82) is 0 Å². The van der Waals surface area contributed by atoms with E-state index in [2.05, 4.69) is 57.0 Å². The maximum absolute atomic E-state index is 12.1. The van der Waals surface area contributed by atoms with Gasteiger partial charge in [0.2, 0.25) is 5.91 Å². The van der Waals surface area contributed by atoms with E-state index >= 15 is 0 Å². The summed E-state index contributed by atoms with van der Waals surface area (Å²) in [6, 6.07) is 9.27. The molecule has 0 bridgehead atoms. The summed E-state index contributed by atoms with van der Waals surface area (Å²) in [5.74, 6) is 0.856. The largest absolute Gasteiger partial charge is 0.372 e. The summed E-state index contributed by atoms with van der Waals surface area (Å²) in [6.07, 6.45) is 7.74. The van der Waals surface area contributed by atoms with Crippen molar-refractivity contribution in [3.63, 3.8) is 0 Å². The van der Waals surface area contributed by atoms with Gasteiger partial charge in [0.05, 0.1) is 6.04 Å². The predicted octanol–water partition coefficient (Wildman–Crippen LogP) is 2.96. The molecule has 1 saturated carbocycles. The van der Waals surface area contributed by atoms with Crippen LogP contribution in [0.25, 0.3) is 0 Å². The third kappa shape index (κ3) is 5.88. The van der Waals surface area contributed by atoms with E-state index < -0.39 is 0 Å². The fraction of sp³-hybridized carbons (Fsp3) is 0.636. The normalized spacial score (nSPS) is 18.9. The van der Waals surface area contributed by atoms with Gasteiger partial charge >= 0.3 is 0 Å². The van der Waals surface area contributed by atoms with Crippen LogP contribution in [0.2, 0.25) is 0 Å². The van der Waals surface area contributed by atoms with E-state index in [1.165, 1.54) is 36.9 Å². The Balaban J connectivity index is 1.44. The molecule has 1 unspecified atom stereocenters. The van der Waals surface area contributed by atoms with Gasteiger partial charge in [0.1, 0.15) is 0 Å². The molecule has 28 heavy (non-hydrogen) atoms. The van der Waals surface area contributed by atoms with Crippen LogP contribution in [0, 0.1) is 0 Å². The average molecular weight is 386 g/mol. The summed E-state index contributed by atoms with van der Waals surface area (Å²) in [4.78, 5) is 18.8. The lowest BCUT2D eigenvalue weighted by molar-refractivity contribution is -0.121. The van der Waals surface area contributed by atoms with Gasteiger partial charge in [0, 0.05) is 44.8 Å². The number of hydrogen-bond donors (Lipinski definition) is 3. The molecule has 3 rings (SSSR count). The van der Waals surface area contributed by atoms with Crippen molar-refractivity contribution in [3.05, 3.63) is 29.8 Å². The molecule has 0 radical (unpaired) electrons. The number of anilines is 1. The molecular weight excluding hydrogens is 350 g/mol. The lowest BCUT2D eigenvalue weighted by Gasteiger charge is -2.22. The van der Waals surface area contributed by atoms with Crippen molar-refractivity contribution in [2.24, 2.45) is 4.99 Å². The summed E-state index contributed by atoms with van der Waals surface area (Å²) in [7, 11) is 1.77. The van der Waals surface area contributed by atoms with Gasteiger partial charge in [0.15, 0.2) is 5.96 Å². The molecule has 0 aromatic heterocycles. The third-order valence-corrected chi connectivity index (χ3v) is 5.78. The van der Waals surface area contributed by atoms with E-state index in [1.54, 1.807) is 7.05 Å². The number of guanidine groups is 1. The van der Waals surface area contributed by atoms with Crippen molar-refractivity contribution in [2.75, 3.05) is 31.6 Å². The van der Waals surface area contributed by atoms with Crippen molar-refractivity contribution < 1.29 is 4.79 Å². The van der Waals surface area contributed by atoms with Crippen LogP contribution >= 0.6 is 0 Å². The summed E-state index contributed by atoms with van der Waals surface area (Å²) < 4.78 is 0. The van der Waals surface area contributed by atoms with Crippen LogP contribution in [0.4, 0.5) is 5.69 Å². The number of carbonyl (C=O) groups is 1. The van der Waals surface area contributed by atoms with Crippen molar-refractivity contribution in [3.8, 4) is 0 Å². The number of rotatable bonds is 7. The first-order valence-electron chi connectivity index (χ1n) is 10.8. The molecule has 2 fully saturated rings. The highest BCUT2D eigenvalue weighted by Crippen LogP contribution is 2.24. The fourth-order valence-corrected chi connectivity index (χ4v) is 4.11. The first-order chi connectivity index (χ1) is 13.7. The minimum atomic E-state index is 0.126. The average Bonchev–Trinajstić information content (AvgIpc) is 3.41. The molecule has 1 aliphatic carbocycles. The summed E-state index contributed by atoms with van der Waals surface area (Å²) in [5, 5.41) is 9.83. The van der Waals surface area contributed by atoms with Gasteiger partial charge in [-0.2, -0.15) is 0 Å². The zero-order valence-corrected chi connectivity index (χ0v) is 17.3. The van der Waals surface area contributed by atoms with Crippen molar-refractivity contribution in [1.82, 2.24) is 16.0 Å². The lowest BCUT2D eigenvalue weighted by Crippen LogP contribution is -2.41. The smallest absolute Gasteiger partial charge is 0.221 e. The fourth-order valence-electron chi connectivity index (χ4n) is 4.11. The van der Waals surface area contributed by atoms with E-state index in [0.717, 1.165) is 31.9 Å². The maximum Gasteiger partial charge on any atom is 0.221 e. The Labute approximate surface area is 169 Å². The Morgan fingerprint density at radius 2 is 1.96 bits per heavy atom. The van der Waals surface area contributed by atoms with Crippen LogP contribution < -0.4 is 20.9 Å². The highest BCUT2D eigenvalue weighted by atomic mass is 16.1. The number of benzene rings is 1.